The molecule has 6 heteroatoms. The minimum atomic E-state index is -0.222. The van der Waals surface area contributed by atoms with Crippen LogP contribution in [0.1, 0.15) is 30.3 Å². The van der Waals surface area contributed by atoms with Crippen LogP contribution in [0.2, 0.25) is 0 Å². The highest BCUT2D eigenvalue weighted by Crippen LogP contribution is 2.20. The van der Waals surface area contributed by atoms with Gasteiger partial charge in [0, 0.05) is 13.1 Å². The van der Waals surface area contributed by atoms with Crippen LogP contribution in [-0.2, 0) is 9.53 Å². The fourth-order valence-corrected chi connectivity index (χ4v) is 2.65. The number of nitrogens with zero attached hydrogens (tertiary/aromatic N) is 2. The third-order valence-electron chi connectivity index (χ3n) is 3.26. The molecule has 20 heavy (non-hydrogen) atoms. The Labute approximate surface area is 126 Å². The number of rotatable bonds is 3. The SMILES string of the molecule is CCOC(=O)C1CCCN(C(=O)c2cccc(Br)n2)C1. The van der Waals surface area contributed by atoms with E-state index >= 15 is 0 Å². The molecule has 0 bridgehead atoms. The van der Waals surface area contributed by atoms with Gasteiger partial charge in [0.15, 0.2) is 0 Å². The van der Waals surface area contributed by atoms with E-state index in [1.54, 1.807) is 30.0 Å². The number of aromatic nitrogens is 1. The summed E-state index contributed by atoms with van der Waals surface area (Å²) in [5, 5.41) is 0. The highest BCUT2D eigenvalue weighted by atomic mass is 79.9. The largest absolute Gasteiger partial charge is 0.466 e. The molecule has 108 valence electrons. The normalized spacial score (nSPS) is 18.7. The summed E-state index contributed by atoms with van der Waals surface area (Å²) in [6, 6.07) is 5.23. The van der Waals surface area contributed by atoms with Gasteiger partial charge in [0.05, 0.1) is 12.5 Å². The highest BCUT2D eigenvalue weighted by molar-refractivity contribution is 9.10. The molecule has 0 N–H and O–H groups in total. The van der Waals surface area contributed by atoms with E-state index in [2.05, 4.69) is 20.9 Å². The Morgan fingerprint density at radius 3 is 3.00 bits per heavy atom. The maximum atomic E-state index is 12.4. The van der Waals surface area contributed by atoms with Crippen LogP contribution >= 0.6 is 15.9 Å². The van der Waals surface area contributed by atoms with Crippen LogP contribution in [0.15, 0.2) is 22.8 Å². The van der Waals surface area contributed by atoms with Crippen molar-refractivity contribution in [3.8, 4) is 0 Å². The average molecular weight is 341 g/mol. The van der Waals surface area contributed by atoms with E-state index in [1.807, 2.05) is 0 Å². The van der Waals surface area contributed by atoms with Crippen molar-refractivity contribution in [1.29, 1.82) is 0 Å². The number of ether oxygens (including phenoxy) is 1. The number of esters is 1. The highest BCUT2D eigenvalue weighted by Gasteiger charge is 2.30. The Bertz CT molecular complexity index is 507. The molecule has 2 rings (SSSR count). The lowest BCUT2D eigenvalue weighted by Gasteiger charge is -2.31. The maximum absolute atomic E-state index is 12.4. The predicted octanol–water partition coefficient (Wildman–Crippen LogP) is 2.26. The second-order valence-corrected chi connectivity index (χ2v) is 5.50. The van der Waals surface area contributed by atoms with Gasteiger partial charge >= 0.3 is 5.97 Å². The number of likely N-dealkylation sites (tertiary alicyclic amines) is 1. The number of amides is 1. The molecule has 1 amide bonds. The quantitative estimate of drug-likeness (QED) is 0.625. The predicted molar refractivity (Wildman–Crippen MR) is 77.2 cm³/mol. The van der Waals surface area contributed by atoms with Crippen molar-refractivity contribution in [1.82, 2.24) is 9.88 Å². The molecule has 1 aliphatic rings. The first-order valence-electron chi connectivity index (χ1n) is 6.70. The van der Waals surface area contributed by atoms with Gasteiger partial charge in [-0.1, -0.05) is 6.07 Å². The summed E-state index contributed by atoms with van der Waals surface area (Å²) >= 11 is 3.25. The third-order valence-corrected chi connectivity index (χ3v) is 3.70. The molecule has 1 aliphatic heterocycles. The minimum absolute atomic E-state index is 0.139. The van der Waals surface area contributed by atoms with Gasteiger partial charge in [0.1, 0.15) is 10.3 Å². The second kappa shape index (κ2) is 6.83. The Balaban J connectivity index is 2.05. The molecule has 1 atom stereocenters. The van der Waals surface area contributed by atoms with Crippen LogP contribution in [0.3, 0.4) is 0 Å². The van der Waals surface area contributed by atoms with Crippen molar-refractivity contribution in [2.75, 3.05) is 19.7 Å². The smallest absolute Gasteiger partial charge is 0.310 e. The van der Waals surface area contributed by atoms with Crippen molar-refractivity contribution in [3.05, 3.63) is 28.5 Å². The van der Waals surface area contributed by atoms with E-state index in [-0.39, 0.29) is 17.8 Å². The average Bonchev–Trinajstić information content (AvgIpc) is 2.47. The van der Waals surface area contributed by atoms with Crippen LogP contribution in [-0.4, -0.2) is 41.5 Å². The molecular weight excluding hydrogens is 324 g/mol. The lowest BCUT2D eigenvalue weighted by atomic mass is 9.98. The molecule has 1 unspecified atom stereocenters. The topological polar surface area (TPSA) is 59.5 Å². The summed E-state index contributed by atoms with van der Waals surface area (Å²) in [5.41, 5.74) is 0.392. The fourth-order valence-electron chi connectivity index (χ4n) is 2.30. The van der Waals surface area contributed by atoms with E-state index in [1.165, 1.54) is 0 Å². The molecule has 1 saturated heterocycles. The van der Waals surface area contributed by atoms with Crippen molar-refractivity contribution in [2.24, 2.45) is 5.92 Å². The molecule has 0 spiro atoms. The molecule has 1 aromatic rings. The van der Waals surface area contributed by atoms with Crippen molar-refractivity contribution in [2.45, 2.75) is 19.8 Å². The van der Waals surface area contributed by atoms with E-state index in [4.69, 9.17) is 4.74 Å². The minimum Gasteiger partial charge on any atom is -0.466 e. The van der Waals surface area contributed by atoms with Gasteiger partial charge in [0.25, 0.3) is 5.91 Å². The molecule has 1 fully saturated rings. The van der Waals surface area contributed by atoms with Crippen LogP contribution < -0.4 is 0 Å². The summed E-state index contributed by atoms with van der Waals surface area (Å²) in [7, 11) is 0. The van der Waals surface area contributed by atoms with Gasteiger partial charge in [-0.2, -0.15) is 0 Å². The zero-order chi connectivity index (χ0) is 14.5. The van der Waals surface area contributed by atoms with E-state index < -0.39 is 0 Å². The molecule has 1 aromatic heterocycles. The zero-order valence-electron chi connectivity index (χ0n) is 11.3. The summed E-state index contributed by atoms with van der Waals surface area (Å²) in [5.74, 6) is -0.577. The van der Waals surface area contributed by atoms with Gasteiger partial charge < -0.3 is 9.64 Å². The maximum Gasteiger partial charge on any atom is 0.310 e. The summed E-state index contributed by atoms with van der Waals surface area (Å²) in [6.45, 7) is 3.22. The lowest BCUT2D eigenvalue weighted by molar-refractivity contribution is -0.149. The molecule has 0 aliphatic carbocycles. The second-order valence-electron chi connectivity index (χ2n) is 4.69. The lowest BCUT2D eigenvalue weighted by Crippen LogP contribution is -2.43. The fraction of sp³-hybridized carbons (Fsp3) is 0.500. The van der Waals surface area contributed by atoms with E-state index in [0.717, 1.165) is 12.8 Å². The monoisotopic (exact) mass is 340 g/mol. The number of carbonyl (C=O) groups is 2. The van der Waals surface area contributed by atoms with Gasteiger partial charge in [-0.05, 0) is 47.8 Å². The number of halogens is 1. The van der Waals surface area contributed by atoms with Gasteiger partial charge in [-0.25, -0.2) is 4.98 Å². The Morgan fingerprint density at radius 1 is 1.50 bits per heavy atom. The Hall–Kier alpha value is -1.43. The third kappa shape index (κ3) is 3.56. The number of hydrogen-bond acceptors (Lipinski definition) is 4. The van der Waals surface area contributed by atoms with Crippen LogP contribution in [0.25, 0.3) is 0 Å². The summed E-state index contributed by atoms with van der Waals surface area (Å²) in [6.07, 6.45) is 1.58. The van der Waals surface area contributed by atoms with Crippen molar-refractivity contribution >= 4 is 27.8 Å². The number of carbonyl (C=O) groups excluding carboxylic acids is 2. The Morgan fingerprint density at radius 2 is 2.30 bits per heavy atom. The first-order chi connectivity index (χ1) is 9.61. The van der Waals surface area contributed by atoms with Crippen molar-refractivity contribution in [3.63, 3.8) is 0 Å². The first kappa shape index (κ1) is 15.0. The van der Waals surface area contributed by atoms with Crippen LogP contribution in [0.4, 0.5) is 0 Å². The van der Waals surface area contributed by atoms with Crippen LogP contribution in [0.5, 0.6) is 0 Å². The molecule has 2 heterocycles. The zero-order valence-corrected chi connectivity index (χ0v) is 12.9. The number of piperidine rings is 1. The molecule has 0 saturated carbocycles. The Kier molecular flexibility index (Phi) is 5.11. The molecule has 0 aromatic carbocycles. The van der Waals surface area contributed by atoms with Crippen LogP contribution in [0, 0.1) is 5.92 Å². The molecule has 0 radical (unpaired) electrons. The van der Waals surface area contributed by atoms with E-state index in [0.29, 0.717) is 30.0 Å². The van der Waals surface area contributed by atoms with Gasteiger partial charge in [-0.15, -0.1) is 0 Å². The number of hydrogen-bond donors (Lipinski definition) is 0. The summed E-state index contributed by atoms with van der Waals surface area (Å²) in [4.78, 5) is 30.0. The van der Waals surface area contributed by atoms with Gasteiger partial charge in [-0.3, -0.25) is 9.59 Å². The standard InChI is InChI=1S/C14H17BrN2O3/c1-2-20-14(19)10-5-4-8-17(9-10)13(18)11-6-3-7-12(15)16-11/h3,6-7,10H,2,4-5,8-9H2,1H3. The molecular formula is C14H17BrN2O3. The number of pyridine rings is 1. The summed E-state index contributed by atoms with van der Waals surface area (Å²) < 4.78 is 5.66. The van der Waals surface area contributed by atoms with Gasteiger partial charge in [0.2, 0.25) is 0 Å². The first-order valence-corrected chi connectivity index (χ1v) is 7.49. The van der Waals surface area contributed by atoms with E-state index in [9.17, 15) is 9.59 Å². The molecule has 5 nitrogen and oxygen atoms in total. The van der Waals surface area contributed by atoms with Crippen molar-refractivity contribution < 1.29 is 14.3 Å².